The molecule has 0 saturated carbocycles. The fourth-order valence-corrected chi connectivity index (χ4v) is 3.37. The van der Waals surface area contributed by atoms with Crippen LogP contribution in [0.5, 0.6) is 5.75 Å². The van der Waals surface area contributed by atoms with E-state index in [0.29, 0.717) is 12.3 Å². The monoisotopic (exact) mass is 307 g/mol. The second kappa shape index (κ2) is 6.85. The fraction of sp³-hybridized carbons (Fsp3) is 0.467. The molecule has 2 atom stereocenters. The van der Waals surface area contributed by atoms with Crippen LogP contribution in [0.15, 0.2) is 24.3 Å². The Labute approximate surface area is 129 Å². The van der Waals surface area contributed by atoms with Crippen LogP contribution in [-0.2, 0) is 10.5 Å². The van der Waals surface area contributed by atoms with E-state index in [2.05, 4.69) is 5.32 Å². The molecule has 0 bridgehead atoms. The zero-order valence-corrected chi connectivity index (χ0v) is 13.4. The van der Waals surface area contributed by atoms with Gasteiger partial charge in [0, 0.05) is 19.8 Å². The lowest BCUT2D eigenvalue weighted by Crippen LogP contribution is -2.40. The van der Waals surface area contributed by atoms with Gasteiger partial charge in [0.25, 0.3) is 0 Å². The average molecular weight is 307 g/mol. The van der Waals surface area contributed by atoms with E-state index in [1.807, 2.05) is 24.3 Å². The van der Waals surface area contributed by atoms with Gasteiger partial charge in [-0.1, -0.05) is 12.1 Å². The molecule has 1 fully saturated rings. The minimum absolute atomic E-state index is 0.0345. The van der Waals surface area contributed by atoms with Crippen molar-refractivity contribution < 1.29 is 9.53 Å². The number of carbonyl (C=O) groups excluding carboxylic acids is 1. The summed E-state index contributed by atoms with van der Waals surface area (Å²) in [5.74, 6) is 2.15. The van der Waals surface area contributed by atoms with Crippen LogP contribution in [0.1, 0.15) is 12.0 Å². The zero-order valence-electron chi connectivity index (χ0n) is 12.6. The summed E-state index contributed by atoms with van der Waals surface area (Å²) in [7, 11) is 5.13. The van der Waals surface area contributed by atoms with Gasteiger partial charge in [0.2, 0.25) is 5.91 Å². The lowest BCUT2D eigenvalue weighted by atomic mass is 10.2. The number of methoxy groups -OCH3 is 1. The van der Waals surface area contributed by atoms with E-state index >= 15 is 0 Å². The van der Waals surface area contributed by atoms with E-state index in [9.17, 15) is 4.79 Å². The molecule has 1 heterocycles. The molecule has 5 nitrogen and oxygen atoms in total. The zero-order chi connectivity index (χ0) is 15.4. The maximum absolute atomic E-state index is 11.9. The van der Waals surface area contributed by atoms with Gasteiger partial charge in [-0.15, -0.1) is 11.8 Å². The van der Waals surface area contributed by atoms with E-state index in [-0.39, 0.29) is 17.2 Å². The number of hydrogen-bond donors (Lipinski definition) is 2. The van der Waals surface area contributed by atoms with Crippen LogP contribution in [0, 0.1) is 5.41 Å². The van der Waals surface area contributed by atoms with Gasteiger partial charge in [0.1, 0.15) is 17.6 Å². The Kier molecular flexibility index (Phi) is 5.12. The highest BCUT2D eigenvalue weighted by atomic mass is 32.2. The summed E-state index contributed by atoms with van der Waals surface area (Å²) < 4.78 is 5.13. The van der Waals surface area contributed by atoms with E-state index in [1.165, 1.54) is 5.56 Å². The molecular formula is C15H21N3O2S. The number of nitrogens with zero attached hydrogens (tertiary/aromatic N) is 1. The average Bonchev–Trinajstić information content (AvgIpc) is 2.85. The first kappa shape index (κ1) is 15.7. The Morgan fingerprint density at radius 2 is 2.10 bits per heavy atom. The number of hydrogen-bond acceptors (Lipinski definition) is 4. The van der Waals surface area contributed by atoms with Crippen molar-refractivity contribution in [2.75, 3.05) is 21.2 Å². The van der Waals surface area contributed by atoms with Gasteiger partial charge in [0.05, 0.1) is 12.4 Å². The van der Waals surface area contributed by atoms with Gasteiger partial charge >= 0.3 is 0 Å². The first-order chi connectivity index (χ1) is 10.0. The van der Waals surface area contributed by atoms with Crippen molar-refractivity contribution in [3.05, 3.63) is 29.8 Å². The van der Waals surface area contributed by atoms with Gasteiger partial charge in [-0.3, -0.25) is 10.2 Å². The number of carbonyl (C=O) groups is 1. The Balaban J connectivity index is 1.88. The summed E-state index contributed by atoms with van der Waals surface area (Å²) in [6.07, 6.45) is 0.677. The molecule has 0 spiro atoms. The van der Waals surface area contributed by atoms with Crippen molar-refractivity contribution in [3.8, 4) is 5.75 Å². The van der Waals surface area contributed by atoms with Crippen LogP contribution in [0.25, 0.3) is 0 Å². The largest absolute Gasteiger partial charge is 0.497 e. The molecule has 0 aliphatic carbocycles. The lowest BCUT2D eigenvalue weighted by Gasteiger charge is -2.15. The number of amides is 1. The molecule has 114 valence electrons. The molecule has 1 aromatic rings. The van der Waals surface area contributed by atoms with Crippen molar-refractivity contribution in [2.24, 2.45) is 0 Å². The third-order valence-corrected chi connectivity index (χ3v) is 4.78. The molecule has 1 amide bonds. The lowest BCUT2D eigenvalue weighted by molar-refractivity contribution is -0.130. The maximum Gasteiger partial charge on any atom is 0.244 e. The van der Waals surface area contributed by atoms with Crippen LogP contribution in [0.2, 0.25) is 0 Å². The van der Waals surface area contributed by atoms with Gasteiger partial charge in [-0.25, -0.2) is 0 Å². The predicted molar refractivity (Wildman–Crippen MR) is 86.0 cm³/mol. The topological polar surface area (TPSA) is 65.4 Å². The van der Waals surface area contributed by atoms with Crippen molar-refractivity contribution >= 4 is 23.5 Å². The van der Waals surface area contributed by atoms with Gasteiger partial charge in [-0.2, -0.15) is 0 Å². The number of nitrogens with one attached hydrogen (secondary N) is 2. The maximum atomic E-state index is 11.9. The molecule has 1 saturated heterocycles. The Hall–Kier alpha value is -1.69. The van der Waals surface area contributed by atoms with Crippen molar-refractivity contribution in [2.45, 2.75) is 23.5 Å². The number of thioether (sulfide) groups is 1. The van der Waals surface area contributed by atoms with Crippen LogP contribution in [0.4, 0.5) is 0 Å². The smallest absolute Gasteiger partial charge is 0.244 e. The highest BCUT2D eigenvalue weighted by Crippen LogP contribution is 2.27. The van der Waals surface area contributed by atoms with Crippen molar-refractivity contribution in [1.82, 2.24) is 10.2 Å². The summed E-state index contributed by atoms with van der Waals surface area (Å²) in [6, 6.07) is 7.67. The van der Waals surface area contributed by atoms with E-state index in [1.54, 1.807) is 37.9 Å². The summed E-state index contributed by atoms with van der Waals surface area (Å²) in [5.41, 5.74) is 1.19. The van der Waals surface area contributed by atoms with Crippen LogP contribution in [0.3, 0.4) is 0 Å². The third-order valence-electron chi connectivity index (χ3n) is 3.45. The molecule has 1 unspecified atom stereocenters. The summed E-state index contributed by atoms with van der Waals surface area (Å²) >= 11 is 1.69. The Morgan fingerprint density at radius 3 is 2.67 bits per heavy atom. The highest BCUT2D eigenvalue weighted by Gasteiger charge is 2.34. The van der Waals surface area contributed by atoms with Crippen LogP contribution in [-0.4, -0.2) is 49.1 Å². The highest BCUT2D eigenvalue weighted by molar-refractivity contribution is 7.99. The third kappa shape index (κ3) is 3.91. The molecule has 1 aliphatic rings. The molecule has 0 aromatic heterocycles. The number of rotatable bonds is 5. The van der Waals surface area contributed by atoms with Crippen molar-refractivity contribution in [1.29, 1.82) is 5.41 Å². The number of ether oxygens (including phenoxy) is 1. The number of benzene rings is 1. The molecule has 6 heteroatoms. The number of amidine groups is 1. The van der Waals surface area contributed by atoms with Crippen LogP contribution < -0.4 is 10.1 Å². The minimum atomic E-state index is -0.263. The first-order valence-electron chi connectivity index (χ1n) is 6.82. The first-order valence-corrected chi connectivity index (χ1v) is 7.87. The number of likely N-dealkylation sites (N-methyl/N-ethyl adjacent to an activating group) is 1. The molecule has 0 radical (unpaired) electrons. The molecular weight excluding hydrogens is 286 g/mol. The van der Waals surface area contributed by atoms with E-state index in [0.717, 1.165) is 11.5 Å². The molecule has 2 rings (SSSR count). The quantitative estimate of drug-likeness (QED) is 0.869. The SMILES string of the molecule is COc1ccc(CSC2C[C@@H](C(=O)N(C)C)NC2=N)cc1. The van der Waals surface area contributed by atoms with E-state index in [4.69, 9.17) is 10.1 Å². The molecule has 21 heavy (non-hydrogen) atoms. The Morgan fingerprint density at radius 1 is 1.43 bits per heavy atom. The Bertz CT molecular complexity index is 516. The fourth-order valence-electron chi connectivity index (χ4n) is 2.22. The molecule has 1 aromatic carbocycles. The van der Waals surface area contributed by atoms with Crippen LogP contribution >= 0.6 is 11.8 Å². The van der Waals surface area contributed by atoms with Gasteiger partial charge < -0.3 is 15.0 Å². The van der Waals surface area contributed by atoms with Gasteiger partial charge in [-0.05, 0) is 24.1 Å². The van der Waals surface area contributed by atoms with Gasteiger partial charge in [0.15, 0.2) is 0 Å². The second-order valence-electron chi connectivity index (χ2n) is 5.23. The van der Waals surface area contributed by atoms with E-state index < -0.39 is 0 Å². The minimum Gasteiger partial charge on any atom is -0.497 e. The summed E-state index contributed by atoms with van der Waals surface area (Å²) in [6.45, 7) is 0. The standard InChI is InChI=1S/C15H21N3O2S/c1-18(2)15(19)12-8-13(14(16)17-12)21-9-10-4-6-11(20-3)7-5-10/h4-7,12-13H,8-9H2,1-3H3,(H2,16,17)/t12-,13?/m0/s1. The summed E-state index contributed by atoms with van der Waals surface area (Å²) in [4.78, 5) is 13.5. The van der Waals surface area contributed by atoms with Crippen molar-refractivity contribution in [3.63, 3.8) is 0 Å². The predicted octanol–water partition coefficient (Wildman–Crippen LogP) is 1.72. The second-order valence-corrected chi connectivity index (χ2v) is 6.42. The molecule has 1 aliphatic heterocycles. The normalized spacial score (nSPS) is 21.0. The molecule has 2 N–H and O–H groups in total. The summed E-state index contributed by atoms with van der Waals surface area (Å²) in [5, 5.41) is 11.0.